The van der Waals surface area contributed by atoms with Gasteiger partial charge in [-0.1, -0.05) is 23.4 Å². The zero-order chi connectivity index (χ0) is 13.0. The Balaban J connectivity index is 2.33. The van der Waals surface area contributed by atoms with E-state index in [2.05, 4.69) is 5.16 Å². The van der Waals surface area contributed by atoms with Crippen LogP contribution in [0, 0.1) is 0 Å². The van der Waals surface area contributed by atoms with Crippen molar-refractivity contribution in [1.29, 1.82) is 0 Å². The molecule has 0 aliphatic carbocycles. The highest BCUT2D eigenvalue weighted by Gasteiger charge is 2.21. The van der Waals surface area contributed by atoms with E-state index < -0.39 is 6.10 Å². The van der Waals surface area contributed by atoms with Gasteiger partial charge in [-0.2, -0.15) is 0 Å². The first-order valence-corrected chi connectivity index (χ1v) is 6.10. The highest BCUT2D eigenvalue weighted by atomic mass is 16.4. The third kappa shape index (κ3) is 2.63. The number of benzene rings is 1. The van der Waals surface area contributed by atoms with Crippen molar-refractivity contribution in [2.75, 3.05) is 24.6 Å². The van der Waals surface area contributed by atoms with E-state index >= 15 is 0 Å². The molecule has 5 nitrogen and oxygen atoms in total. The van der Waals surface area contributed by atoms with Crippen LogP contribution in [0.3, 0.4) is 0 Å². The Kier molecular flexibility index (Phi) is 4.17. The molecule has 3 N–H and O–H groups in total. The number of aliphatic hydroxyl groups is 2. The molecule has 0 aromatic heterocycles. The molecule has 98 valence electrons. The maximum atomic E-state index is 9.58. The van der Waals surface area contributed by atoms with Gasteiger partial charge in [0.1, 0.15) is 0 Å². The Labute approximate surface area is 106 Å². The number of oxime groups is 1. The molecule has 1 atom stereocenters. The Hall–Kier alpha value is -1.59. The standard InChI is InChI=1S/C13H18N2O3/c16-9-10(17)8-15-7-3-5-12(14-18)11-4-1-2-6-13(11)15/h1-2,4,6,10,16-18H,3,5,7-9H2/b14-12-. The molecule has 0 saturated heterocycles. The van der Waals surface area contributed by atoms with Gasteiger partial charge in [-0.15, -0.1) is 0 Å². The van der Waals surface area contributed by atoms with Crippen LogP contribution in [0.5, 0.6) is 0 Å². The fourth-order valence-electron chi connectivity index (χ4n) is 2.29. The van der Waals surface area contributed by atoms with Crippen LogP contribution in [0.2, 0.25) is 0 Å². The molecular formula is C13H18N2O3. The lowest BCUT2D eigenvalue weighted by atomic mass is 10.1. The van der Waals surface area contributed by atoms with Crippen molar-refractivity contribution in [2.24, 2.45) is 5.16 Å². The summed E-state index contributed by atoms with van der Waals surface area (Å²) in [6.45, 7) is 0.902. The highest BCUT2D eigenvalue weighted by Crippen LogP contribution is 2.26. The predicted octanol–water partition coefficient (Wildman–Crippen LogP) is 0.818. The van der Waals surface area contributed by atoms with Gasteiger partial charge in [0, 0.05) is 24.3 Å². The first-order valence-electron chi connectivity index (χ1n) is 6.10. The van der Waals surface area contributed by atoms with Gasteiger partial charge in [-0.25, -0.2) is 0 Å². The number of nitrogens with zero attached hydrogens (tertiary/aromatic N) is 2. The lowest BCUT2D eigenvalue weighted by Gasteiger charge is -2.26. The maximum absolute atomic E-state index is 9.58. The zero-order valence-electron chi connectivity index (χ0n) is 10.2. The number of fused-ring (bicyclic) bond motifs is 1. The number of β-amino-alcohol motifs (C(OH)–C–C–N with tert-alkyl or cyclic N) is 1. The Morgan fingerprint density at radius 3 is 2.83 bits per heavy atom. The van der Waals surface area contributed by atoms with Crippen molar-refractivity contribution in [1.82, 2.24) is 0 Å². The highest BCUT2D eigenvalue weighted by molar-refractivity contribution is 6.05. The van der Waals surface area contributed by atoms with Crippen LogP contribution in [-0.2, 0) is 0 Å². The molecule has 0 fully saturated rings. The summed E-state index contributed by atoms with van der Waals surface area (Å²) in [7, 11) is 0. The molecule has 0 spiro atoms. The lowest BCUT2D eigenvalue weighted by molar-refractivity contribution is 0.0999. The van der Waals surface area contributed by atoms with Crippen LogP contribution in [0.1, 0.15) is 18.4 Å². The predicted molar refractivity (Wildman–Crippen MR) is 69.3 cm³/mol. The van der Waals surface area contributed by atoms with Crippen LogP contribution in [0.4, 0.5) is 5.69 Å². The summed E-state index contributed by atoms with van der Waals surface area (Å²) in [5.74, 6) is 0. The monoisotopic (exact) mass is 250 g/mol. The molecule has 1 unspecified atom stereocenters. The minimum atomic E-state index is -0.759. The van der Waals surface area contributed by atoms with Gasteiger partial charge in [-0.05, 0) is 18.9 Å². The van der Waals surface area contributed by atoms with Crippen molar-refractivity contribution in [2.45, 2.75) is 18.9 Å². The van der Waals surface area contributed by atoms with Crippen LogP contribution in [0.15, 0.2) is 29.4 Å². The van der Waals surface area contributed by atoms with E-state index in [0.29, 0.717) is 18.7 Å². The van der Waals surface area contributed by atoms with E-state index in [0.717, 1.165) is 24.2 Å². The Morgan fingerprint density at radius 2 is 2.11 bits per heavy atom. The molecule has 0 bridgehead atoms. The molecule has 2 rings (SSSR count). The molecule has 5 heteroatoms. The summed E-state index contributed by atoms with van der Waals surface area (Å²) < 4.78 is 0. The van der Waals surface area contributed by atoms with E-state index in [1.165, 1.54) is 0 Å². The molecular weight excluding hydrogens is 232 g/mol. The molecule has 1 aliphatic rings. The largest absolute Gasteiger partial charge is 0.411 e. The number of para-hydroxylation sites is 1. The van der Waals surface area contributed by atoms with E-state index in [1.54, 1.807) is 0 Å². The van der Waals surface area contributed by atoms with E-state index in [1.807, 2.05) is 29.2 Å². The molecule has 0 radical (unpaired) electrons. The van der Waals surface area contributed by atoms with Crippen molar-refractivity contribution in [3.8, 4) is 0 Å². The number of anilines is 1. The second-order valence-corrected chi connectivity index (χ2v) is 4.45. The van der Waals surface area contributed by atoms with E-state index in [-0.39, 0.29) is 6.61 Å². The number of hydrogen-bond acceptors (Lipinski definition) is 5. The summed E-state index contributed by atoms with van der Waals surface area (Å²) >= 11 is 0. The molecule has 1 aliphatic heterocycles. The smallest absolute Gasteiger partial charge is 0.0945 e. The lowest BCUT2D eigenvalue weighted by Crippen LogP contribution is -2.35. The van der Waals surface area contributed by atoms with Gasteiger partial charge in [-0.3, -0.25) is 0 Å². The zero-order valence-corrected chi connectivity index (χ0v) is 10.2. The summed E-state index contributed by atoms with van der Waals surface area (Å²) in [5.41, 5.74) is 2.50. The maximum Gasteiger partial charge on any atom is 0.0945 e. The molecule has 1 heterocycles. The van der Waals surface area contributed by atoms with Gasteiger partial charge in [0.25, 0.3) is 0 Å². The topological polar surface area (TPSA) is 76.3 Å². The first kappa shape index (κ1) is 12.9. The number of aliphatic hydroxyl groups excluding tert-OH is 2. The van der Waals surface area contributed by atoms with Crippen LogP contribution in [-0.4, -0.2) is 46.9 Å². The fraction of sp³-hybridized carbons (Fsp3) is 0.462. The minimum absolute atomic E-state index is 0.250. The van der Waals surface area contributed by atoms with Crippen molar-refractivity contribution in [3.63, 3.8) is 0 Å². The van der Waals surface area contributed by atoms with Crippen molar-refractivity contribution in [3.05, 3.63) is 29.8 Å². The van der Waals surface area contributed by atoms with E-state index in [4.69, 9.17) is 10.3 Å². The van der Waals surface area contributed by atoms with Crippen molar-refractivity contribution < 1.29 is 15.4 Å². The average Bonchev–Trinajstić information content (AvgIpc) is 2.58. The summed E-state index contributed by atoms with van der Waals surface area (Å²) in [5, 5.41) is 30.9. The molecule has 1 aromatic carbocycles. The fourth-order valence-corrected chi connectivity index (χ4v) is 2.29. The second-order valence-electron chi connectivity index (χ2n) is 4.45. The van der Waals surface area contributed by atoms with Gasteiger partial charge < -0.3 is 20.3 Å². The quantitative estimate of drug-likeness (QED) is 0.548. The van der Waals surface area contributed by atoms with E-state index in [9.17, 15) is 5.11 Å². The summed E-state index contributed by atoms with van der Waals surface area (Å²) in [4.78, 5) is 2.02. The SMILES string of the molecule is OCC(O)CN1CCC/C(=N/O)c2ccccc21. The molecule has 18 heavy (non-hydrogen) atoms. The third-order valence-electron chi connectivity index (χ3n) is 3.16. The van der Waals surface area contributed by atoms with Gasteiger partial charge in [0.05, 0.1) is 18.4 Å². The average molecular weight is 250 g/mol. The molecule has 0 amide bonds. The second kappa shape index (κ2) is 5.84. The molecule has 0 saturated carbocycles. The summed E-state index contributed by atoms with van der Waals surface area (Å²) in [6, 6.07) is 7.66. The normalized spacial score (nSPS) is 19.4. The number of rotatable bonds is 3. The Morgan fingerprint density at radius 1 is 1.33 bits per heavy atom. The first-order chi connectivity index (χ1) is 8.76. The van der Waals surface area contributed by atoms with Crippen LogP contribution in [0.25, 0.3) is 0 Å². The summed E-state index contributed by atoms with van der Waals surface area (Å²) in [6.07, 6.45) is 0.802. The Bertz CT molecular complexity index is 434. The van der Waals surface area contributed by atoms with Crippen molar-refractivity contribution >= 4 is 11.4 Å². The van der Waals surface area contributed by atoms with Crippen LogP contribution < -0.4 is 4.90 Å². The van der Waals surface area contributed by atoms with Gasteiger partial charge >= 0.3 is 0 Å². The van der Waals surface area contributed by atoms with Gasteiger partial charge in [0.15, 0.2) is 0 Å². The van der Waals surface area contributed by atoms with Gasteiger partial charge in [0.2, 0.25) is 0 Å². The van der Waals surface area contributed by atoms with Crippen LogP contribution >= 0.6 is 0 Å². The number of hydrogen-bond donors (Lipinski definition) is 3. The molecule has 1 aromatic rings. The third-order valence-corrected chi connectivity index (χ3v) is 3.16. The minimum Gasteiger partial charge on any atom is -0.411 e.